The molecule has 1 aromatic carbocycles. The van der Waals surface area contributed by atoms with Crippen LogP contribution in [0.1, 0.15) is 5.56 Å². The number of aliphatic hydroxyl groups excluding tert-OH is 1. The van der Waals surface area contributed by atoms with Crippen molar-refractivity contribution in [2.75, 3.05) is 0 Å². The predicted octanol–water partition coefficient (Wildman–Crippen LogP) is 3.38. The highest BCUT2D eigenvalue weighted by Crippen LogP contribution is 2.29. The molecule has 1 aromatic heterocycles. The Morgan fingerprint density at radius 1 is 1.25 bits per heavy atom. The Hall–Kier alpha value is -1.03. The molecular formula is C12H10ClNOS. The third-order valence-electron chi connectivity index (χ3n) is 2.03. The van der Waals surface area contributed by atoms with Gasteiger partial charge >= 0.3 is 0 Å². The summed E-state index contributed by atoms with van der Waals surface area (Å²) in [6.07, 6.45) is 1.71. The van der Waals surface area contributed by atoms with E-state index >= 15 is 0 Å². The molecule has 2 rings (SSSR count). The van der Waals surface area contributed by atoms with Crippen molar-refractivity contribution in [2.45, 2.75) is 16.5 Å². The van der Waals surface area contributed by atoms with Gasteiger partial charge in [-0.1, -0.05) is 35.5 Å². The fourth-order valence-electron chi connectivity index (χ4n) is 1.28. The summed E-state index contributed by atoms with van der Waals surface area (Å²) in [5.41, 5.74) is 0.826. The third-order valence-corrected chi connectivity index (χ3v) is 3.32. The molecule has 0 aliphatic rings. The lowest BCUT2D eigenvalue weighted by Gasteiger charge is -2.05. The number of hydrogen-bond acceptors (Lipinski definition) is 3. The number of pyridine rings is 1. The number of hydrogen-bond donors (Lipinski definition) is 1. The van der Waals surface area contributed by atoms with Crippen LogP contribution in [0.5, 0.6) is 0 Å². The Balaban J connectivity index is 2.26. The standard InChI is InChI=1S/C12H10ClNOS/c13-10-4-1-5-11(7-10)16-12-9(8-15)3-2-6-14-12/h1-7,15H,8H2. The molecule has 0 fully saturated rings. The minimum absolute atomic E-state index is 0.00324. The topological polar surface area (TPSA) is 33.1 Å². The summed E-state index contributed by atoms with van der Waals surface area (Å²) in [6, 6.07) is 11.2. The maximum atomic E-state index is 9.17. The zero-order chi connectivity index (χ0) is 11.4. The quantitative estimate of drug-likeness (QED) is 0.908. The number of aliphatic hydroxyl groups is 1. The predicted molar refractivity (Wildman–Crippen MR) is 65.7 cm³/mol. The second kappa shape index (κ2) is 5.34. The van der Waals surface area contributed by atoms with E-state index in [0.717, 1.165) is 15.5 Å². The highest BCUT2D eigenvalue weighted by molar-refractivity contribution is 7.99. The first-order valence-electron chi connectivity index (χ1n) is 4.78. The van der Waals surface area contributed by atoms with E-state index in [2.05, 4.69) is 4.98 Å². The fraction of sp³-hybridized carbons (Fsp3) is 0.0833. The van der Waals surface area contributed by atoms with Gasteiger partial charge in [0.2, 0.25) is 0 Å². The van der Waals surface area contributed by atoms with E-state index in [1.54, 1.807) is 6.20 Å². The molecule has 82 valence electrons. The van der Waals surface area contributed by atoms with Crippen LogP contribution in [-0.4, -0.2) is 10.1 Å². The number of nitrogens with zero attached hydrogens (tertiary/aromatic N) is 1. The van der Waals surface area contributed by atoms with Crippen LogP contribution >= 0.6 is 23.4 Å². The zero-order valence-electron chi connectivity index (χ0n) is 8.43. The lowest BCUT2D eigenvalue weighted by Crippen LogP contribution is -1.89. The lowest BCUT2D eigenvalue weighted by atomic mass is 10.3. The molecule has 0 saturated carbocycles. The average Bonchev–Trinajstić information content (AvgIpc) is 2.30. The summed E-state index contributed by atoms with van der Waals surface area (Å²) in [6.45, 7) is -0.00324. The molecular weight excluding hydrogens is 242 g/mol. The van der Waals surface area contributed by atoms with Gasteiger partial charge in [0.1, 0.15) is 5.03 Å². The van der Waals surface area contributed by atoms with Gasteiger partial charge in [-0.05, 0) is 24.3 Å². The first-order valence-corrected chi connectivity index (χ1v) is 5.97. The number of halogens is 1. The van der Waals surface area contributed by atoms with Gasteiger partial charge in [-0.3, -0.25) is 0 Å². The van der Waals surface area contributed by atoms with Crippen LogP contribution in [0.4, 0.5) is 0 Å². The molecule has 4 heteroatoms. The minimum atomic E-state index is -0.00324. The van der Waals surface area contributed by atoms with E-state index in [4.69, 9.17) is 11.6 Å². The molecule has 2 aromatic rings. The van der Waals surface area contributed by atoms with Crippen molar-refractivity contribution < 1.29 is 5.11 Å². The molecule has 0 atom stereocenters. The van der Waals surface area contributed by atoms with Gasteiger partial charge in [-0.25, -0.2) is 4.98 Å². The van der Waals surface area contributed by atoms with Gasteiger partial charge < -0.3 is 5.11 Å². The van der Waals surface area contributed by atoms with Crippen LogP contribution in [0.15, 0.2) is 52.5 Å². The van der Waals surface area contributed by atoms with Crippen molar-refractivity contribution in [2.24, 2.45) is 0 Å². The van der Waals surface area contributed by atoms with Crippen LogP contribution in [-0.2, 0) is 6.61 Å². The summed E-state index contributed by atoms with van der Waals surface area (Å²) in [7, 11) is 0. The molecule has 0 aliphatic heterocycles. The van der Waals surface area contributed by atoms with E-state index in [-0.39, 0.29) is 6.61 Å². The lowest BCUT2D eigenvalue weighted by molar-refractivity contribution is 0.278. The van der Waals surface area contributed by atoms with Crippen molar-refractivity contribution in [3.63, 3.8) is 0 Å². The van der Waals surface area contributed by atoms with Crippen molar-refractivity contribution in [1.82, 2.24) is 4.98 Å². The molecule has 0 radical (unpaired) electrons. The maximum Gasteiger partial charge on any atom is 0.106 e. The molecule has 1 N–H and O–H groups in total. The molecule has 0 aliphatic carbocycles. The fourth-order valence-corrected chi connectivity index (χ4v) is 2.47. The van der Waals surface area contributed by atoms with Crippen molar-refractivity contribution in [1.29, 1.82) is 0 Å². The van der Waals surface area contributed by atoms with Crippen LogP contribution in [0, 0.1) is 0 Å². The molecule has 1 heterocycles. The van der Waals surface area contributed by atoms with Gasteiger partial charge in [-0.15, -0.1) is 0 Å². The van der Waals surface area contributed by atoms with E-state index in [0.29, 0.717) is 5.02 Å². The van der Waals surface area contributed by atoms with E-state index < -0.39 is 0 Å². The maximum absolute atomic E-state index is 9.17. The Morgan fingerprint density at radius 3 is 2.88 bits per heavy atom. The van der Waals surface area contributed by atoms with Crippen molar-refractivity contribution in [3.05, 3.63) is 53.2 Å². The zero-order valence-corrected chi connectivity index (χ0v) is 10.0. The molecule has 0 bridgehead atoms. The minimum Gasteiger partial charge on any atom is -0.392 e. The summed E-state index contributed by atoms with van der Waals surface area (Å²) in [5.74, 6) is 0. The Kier molecular flexibility index (Phi) is 3.83. The van der Waals surface area contributed by atoms with E-state index in [1.165, 1.54) is 11.8 Å². The van der Waals surface area contributed by atoms with Gasteiger partial charge in [-0.2, -0.15) is 0 Å². The molecule has 2 nitrogen and oxygen atoms in total. The van der Waals surface area contributed by atoms with Gasteiger partial charge in [0, 0.05) is 21.7 Å². The highest BCUT2D eigenvalue weighted by atomic mass is 35.5. The Bertz CT molecular complexity index is 490. The third kappa shape index (κ3) is 2.76. The molecule has 0 spiro atoms. The summed E-state index contributed by atoms with van der Waals surface area (Å²) in [4.78, 5) is 5.25. The van der Waals surface area contributed by atoms with Crippen LogP contribution in [0.25, 0.3) is 0 Å². The SMILES string of the molecule is OCc1cccnc1Sc1cccc(Cl)c1. The van der Waals surface area contributed by atoms with Gasteiger partial charge in [0.25, 0.3) is 0 Å². The summed E-state index contributed by atoms with van der Waals surface area (Å²) in [5, 5.41) is 10.7. The van der Waals surface area contributed by atoms with Crippen molar-refractivity contribution >= 4 is 23.4 Å². The number of aromatic nitrogens is 1. The largest absolute Gasteiger partial charge is 0.392 e. The summed E-state index contributed by atoms with van der Waals surface area (Å²) >= 11 is 7.40. The molecule has 0 saturated heterocycles. The first-order chi connectivity index (χ1) is 7.79. The average molecular weight is 252 g/mol. The van der Waals surface area contributed by atoms with Crippen LogP contribution in [0.2, 0.25) is 5.02 Å². The Labute approximate surface area is 103 Å². The number of benzene rings is 1. The van der Waals surface area contributed by atoms with Gasteiger partial charge in [0.05, 0.1) is 6.61 Å². The smallest absolute Gasteiger partial charge is 0.106 e. The highest BCUT2D eigenvalue weighted by Gasteiger charge is 2.04. The van der Waals surface area contributed by atoms with Crippen LogP contribution in [0.3, 0.4) is 0 Å². The second-order valence-electron chi connectivity index (χ2n) is 3.19. The molecule has 0 amide bonds. The number of rotatable bonds is 3. The monoisotopic (exact) mass is 251 g/mol. The molecule has 16 heavy (non-hydrogen) atoms. The first kappa shape index (κ1) is 11.5. The second-order valence-corrected chi connectivity index (χ2v) is 4.68. The summed E-state index contributed by atoms with van der Waals surface area (Å²) < 4.78 is 0. The Morgan fingerprint density at radius 2 is 2.12 bits per heavy atom. The van der Waals surface area contributed by atoms with Crippen molar-refractivity contribution in [3.8, 4) is 0 Å². The van der Waals surface area contributed by atoms with Gasteiger partial charge in [0.15, 0.2) is 0 Å². The normalized spacial score (nSPS) is 10.4. The molecule has 0 unspecified atom stereocenters. The van der Waals surface area contributed by atoms with E-state index in [9.17, 15) is 5.11 Å². The van der Waals surface area contributed by atoms with E-state index in [1.807, 2.05) is 36.4 Å². The van der Waals surface area contributed by atoms with Crippen LogP contribution < -0.4 is 0 Å².